The van der Waals surface area contributed by atoms with Gasteiger partial charge >= 0.3 is 10.3 Å². The Balaban J connectivity index is 3.76. The van der Waals surface area contributed by atoms with Crippen LogP contribution in [0.3, 0.4) is 0 Å². The van der Waals surface area contributed by atoms with E-state index in [0.717, 1.165) is 0 Å². The van der Waals surface area contributed by atoms with Gasteiger partial charge in [-0.3, -0.25) is 4.18 Å². The summed E-state index contributed by atoms with van der Waals surface area (Å²) in [4.78, 5) is 0. The van der Waals surface area contributed by atoms with E-state index in [1.807, 2.05) is 0 Å². The molecule has 0 aliphatic heterocycles. The molecule has 10 heteroatoms. The monoisotopic (exact) mass is 277 g/mol. The van der Waals surface area contributed by atoms with Crippen LogP contribution in [0.4, 0.5) is 0 Å². The molecule has 0 atom stereocenters. The lowest BCUT2D eigenvalue weighted by atomic mass is 10.7. The molecule has 0 aliphatic carbocycles. The first kappa shape index (κ1) is 15.7. The Kier molecular flexibility index (Phi) is 7.03. The Labute approximate surface area is 95.2 Å². The van der Waals surface area contributed by atoms with Gasteiger partial charge in [0.25, 0.3) is 0 Å². The van der Waals surface area contributed by atoms with Gasteiger partial charge in [-0.2, -0.15) is 8.42 Å². The van der Waals surface area contributed by atoms with Crippen LogP contribution in [0.25, 0.3) is 0 Å². The van der Waals surface area contributed by atoms with Crippen LogP contribution in [0, 0.1) is 0 Å². The summed E-state index contributed by atoms with van der Waals surface area (Å²) in [5.41, 5.74) is 0. The van der Waals surface area contributed by atoms with Gasteiger partial charge in [0.05, 0.1) is 32.7 Å². The van der Waals surface area contributed by atoms with E-state index in [9.17, 15) is 16.8 Å². The molecule has 16 heavy (non-hydrogen) atoms. The van der Waals surface area contributed by atoms with E-state index < -0.39 is 20.3 Å². The van der Waals surface area contributed by atoms with E-state index in [-0.39, 0.29) is 13.2 Å². The second-order valence-electron chi connectivity index (χ2n) is 2.74. The van der Waals surface area contributed by atoms with Crippen LogP contribution < -0.4 is 4.13 Å². The summed E-state index contributed by atoms with van der Waals surface area (Å²) in [6.07, 6.45) is 0.711. The Hall–Kier alpha value is -0.260. The summed E-state index contributed by atoms with van der Waals surface area (Å²) in [7, 11) is -6.64. The first-order valence-electron chi connectivity index (χ1n) is 4.21. The van der Waals surface area contributed by atoms with Crippen molar-refractivity contribution in [1.82, 2.24) is 4.13 Å². The first-order chi connectivity index (χ1) is 7.27. The number of methoxy groups -OCH3 is 1. The Morgan fingerprint density at radius 2 is 1.56 bits per heavy atom. The van der Waals surface area contributed by atoms with E-state index in [4.69, 9.17) is 4.74 Å². The predicted octanol–water partition coefficient (Wildman–Crippen LogP) is -1.54. The minimum atomic E-state index is -4.28. The second-order valence-corrected chi connectivity index (χ2v) is 6.09. The Bertz CT molecular complexity index is 374. The van der Waals surface area contributed by atoms with Gasteiger partial charge in [0.15, 0.2) is 0 Å². The highest BCUT2D eigenvalue weighted by Gasteiger charge is 2.16. The van der Waals surface area contributed by atoms with Gasteiger partial charge in [-0.05, 0) is 0 Å². The van der Waals surface area contributed by atoms with Gasteiger partial charge in [-0.1, -0.05) is 4.13 Å². The summed E-state index contributed by atoms with van der Waals surface area (Å²) in [5.74, 6) is 0. The molecule has 0 aromatic heterocycles. The first-order valence-corrected chi connectivity index (χ1v) is 7.51. The highest BCUT2D eigenvalue weighted by Crippen LogP contribution is 1.91. The summed E-state index contributed by atoms with van der Waals surface area (Å²) in [6, 6.07) is 0. The topological polar surface area (TPSA) is 108 Å². The number of sulfonamides is 1. The van der Waals surface area contributed by atoms with Crippen molar-refractivity contribution in [2.45, 2.75) is 0 Å². The third-order valence-electron chi connectivity index (χ3n) is 1.15. The predicted molar refractivity (Wildman–Crippen MR) is 55.5 cm³/mol. The number of nitrogens with one attached hydrogen (secondary N) is 1. The SMILES string of the molecule is COCCOCCOS(=O)(=O)NS(C)(=O)=O. The van der Waals surface area contributed by atoms with Crippen LogP contribution in [0.15, 0.2) is 0 Å². The normalized spacial score (nSPS) is 12.9. The molecule has 0 saturated heterocycles. The molecule has 98 valence electrons. The second kappa shape index (κ2) is 7.14. The Morgan fingerprint density at radius 3 is 2.06 bits per heavy atom. The number of hydrogen-bond acceptors (Lipinski definition) is 7. The van der Waals surface area contributed by atoms with E-state index in [1.54, 1.807) is 0 Å². The maximum atomic E-state index is 10.9. The van der Waals surface area contributed by atoms with Crippen molar-refractivity contribution < 1.29 is 30.5 Å². The molecule has 0 aromatic rings. The molecule has 0 heterocycles. The molecule has 0 spiro atoms. The van der Waals surface area contributed by atoms with Crippen molar-refractivity contribution >= 4 is 20.3 Å². The Morgan fingerprint density at radius 1 is 1.00 bits per heavy atom. The highest BCUT2D eigenvalue weighted by molar-refractivity contribution is 8.02. The largest absolute Gasteiger partial charge is 0.382 e. The van der Waals surface area contributed by atoms with E-state index in [2.05, 4.69) is 8.92 Å². The fourth-order valence-corrected chi connectivity index (χ4v) is 2.62. The molecule has 0 radical (unpaired) electrons. The van der Waals surface area contributed by atoms with Crippen LogP contribution in [0.2, 0.25) is 0 Å². The quantitative estimate of drug-likeness (QED) is 0.509. The summed E-state index contributed by atoms with van der Waals surface area (Å²) in [5, 5.41) is 0. The van der Waals surface area contributed by atoms with Crippen LogP contribution in [-0.4, -0.2) is 56.6 Å². The fraction of sp³-hybridized carbons (Fsp3) is 1.00. The third kappa shape index (κ3) is 10.3. The lowest BCUT2D eigenvalue weighted by molar-refractivity contribution is 0.0553. The molecule has 0 rings (SSSR count). The van der Waals surface area contributed by atoms with Crippen molar-refractivity contribution in [2.75, 3.05) is 39.8 Å². The molecular formula is C6H15NO7S2. The third-order valence-corrected chi connectivity index (χ3v) is 3.66. The number of rotatable bonds is 9. The molecule has 0 aromatic carbocycles. The van der Waals surface area contributed by atoms with E-state index >= 15 is 0 Å². The molecule has 0 unspecified atom stereocenters. The van der Waals surface area contributed by atoms with E-state index in [1.165, 1.54) is 11.2 Å². The molecule has 0 aliphatic rings. The smallest absolute Gasteiger partial charge is 0.349 e. The van der Waals surface area contributed by atoms with Gasteiger partial charge in [0.1, 0.15) is 0 Å². The molecule has 0 fully saturated rings. The zero-order valence-electron chi connectivity index (χ0n) is 9.00. The molecule has 0 bridgehead atoms. The maximum absolute atomic E-state index is 10.9. The molecule has 0 saturated carbocycles. The average Bonchev–Trinajstić information content (AvgIpc) is 2.06. The van der Waals surface area contributed by atoms with Crippen molar-refractivity contribution in [1.29, 1.82) is 0 Å². The summed E-state index contributed by atoms with van der Waals surface area (Å²) >= 11 is 0. The van der Waals surface area contributed by atoms with Gasteiger partial charge in [0.2, 0.25) is 10.0 Å². The van der Waals surface area contributed by atoms with Gasteiger partial charge in [-0.25, -0.2) is 8.42 Å². The van der Waals surface area contributed by atoms with Crippen molar-refractivity contribution in [2.24, 2.45) is 0 Å². The zero-order valence-corrected chi connectivity index (χ0v) is 10.6. The molecule has 0 amide bonds. The molecule has 8 nitrogen and oxygen atoms in total. The molecular weight excluding hydrogens is 262 g/mol. The highest BCUT2D eigenvalue weighted by atomic mass is 32.3. The minimum absolute atomic E-state index is 0.0219. The zero-order chi connectivity index (χ0) is 12.7. The molecule has 1 N–H and O–H groups in total. The number of ether oxygens (including phenoxy) is 2. The fourth-order valence-electron chi connectivity index (χ4n) is 0.656. The average molecular weight is 277 g/mol. The maximum Gasteiger partial charge on any atom is 0.349 e. The summed E-state index contributed by atoms with van der Waals surface area (Å²) in [6.45, 7) is 0.441. The van der Waals surface area contributed by atoms with Crippen molar-refractivity contribution in [3.05, 3.63) is 0 Å². The lowest BCUT2D eigenvalue weighted by Crippen LogP contribution is -2.31. The van der Waals surface area contributed by atoms with Crippen LogP contribution >= 0.6 is 0 Å². The van der Waals surface area contributed by atoms with Crippen LogP contribution in [0.1, 0.15) is 0 Å². The van der Waals surface area contributed by atoms with Gasteiger partial charge < -0.3 is 9.47 Å². The van der Waals surface area contributed by atoms with Crippen LogP contribution in [-0.2, 0) is 34.0 Å². The summed E-state index contributed by atoms with van der Waals surface area (Å²) < 4.78 is 58.3. The number of hydrogen-bond donors (Lipinski definition) is 1. The minimum Gasteiger partial charge on any atom is -0.382 e. The van der Waals surface area contributed by atoms with Crippen molar-refractivity contribution in [3.63, 3.8) is 0 Å². The van der Waals surface area contributed by atoms with Crippen molar-refractivity contribution in [3.8, 4) is 0 Å². The van der Waals surface area contributed by atoms with Crippen LogP contribution in [0.5, 0.6) is 0 Å². The standard InChI is InChI=1S/C6H15NO7S2/c1-12-3-4-13-5-6-14-16(10,11)7-15(2,8)9/h7H,3-6H2,1-2H3. The van der Waals surface area contributed by atoms with Gasteiger partial charge in [-0.15, -0.1) is 0 Å². The van der Waals surface area contributed by atoms with E-state index in [0.29, 0.717) is 19.5 Å². The van der Waals surface area contributed by atoms with Gasteiger partial charge in [0, 0.05) is 7.11 Å². The lowest BCUT2D eigenvalue weighted by Gasteiger charge is -2.06.